The summed E-state index contributed by atoms with van der Waals surface area (Å²) in [6, 6.07) is 4.86. The van der Waals surface area contributed by atoms with Gasteiger partial charge in [-0.05, 0) is 43.0 Å². The Bertz CT molecular complexity index is 348. The summed E-state index contributed by atoms with van der Waals surface area (Å²) >= 11 is 0. The Morgan fingerprint density at radius 1 is 1.27 bits per heavy atom. The van der Waals surface area contributed by atoms with Crippen LogP contribution in [0.4, 0.5) is 4.39 Å². The molecule has 2 unspecified atom stereocenters. The average molecular weight is 208 g/mol. The fourth-order valence-corrected chi connectivity index (χ4v) is 2.48. The van der Waals surface area contributed by atoms with Gasteiger partial charge in [0, 0.05) is 5.92 Å². The lowest BCUT2D eigenvalue weighted by molar-refractivity contribution is 0.106. The third-order valence-corrected chi connectivity index (χ3v) is 3.37. The van der Waals surface area contributed by atoms with E-state index in [1.165, 1.54) is 6.07 Å². The van der Waals surface area contributed by atoms with E-state index in [-0.39, 0.29) is 17.8 Å². The normalized spacial score (nSPS) is 26.6. The van der Waals surface area contributed by atoms with Gasteiger partial charge < -0.3 is 5.11 Å². The Morgan fingerprint density at radius 3 is 2.73 bits per heavy atom. The molecule has 0 radical (unpaired) electrons. The van der Waals surface area contributed by atoms with Crippen molar-refractivity contribution in [2.24, 2.45) is 0 Å². The molecule has 1 aromatic carbocycles. The number of aliphatic hydroxyl groups is 1. The van der Waals surface area contributed by atoms with Gasteiger partial charge in [-0.25, -0.2) is 4.39 Å². The van der Waals surface area contributed by atoms with Crippen LogP contribution < -0.4 is 0 Å². The van der Waals surface area contributed by atoms with Gasteiger partial charge in [0.25, 0.3) is 0 Å². The van der Waals surface area contributed by atoms with Crippen molar-refractivity contribution in [3.05, 3.63) is 35.1 Å². The van der Waals surface area contributed by atoms with Crippen molar-refractivity contribution < 1.29 is 9.50 Å². The van der Waals surface area contributed by atoms with E-state index in [9.17, 15) is 9.50 Å². The number of hydrogen-bond acceptors (Lipinski definition) is 1. The van der Waals surface area contributed by atoms with Crippen molar-refractivity contribution in [1.82, 2.24) is 0 Å². The SMILES string of the molecule is Cc1ccc(F)cc1C1CCCCC1O. The summed E-state index contributed by atoms with van der Waals surface area (Å²) in [6.07, 6.45) is 3.76. The van der Waals surface area contributed by atoms with E-state index >= 15 is 0 Å². The molecule has 0 heterocycles. The zero-order valence-corrected chi connectivity index (χ0v) is 9.04. The maximum Gasteiger partial charge on any atom is 0.123 e. The first kappa shape index (κ1) is 10.6. The summed E-state index contributed by atoms with van der Waals surface area (Å²) in [7, 11) is 0. The smallest absolute Gasteiger partial charge is 0.123 e. The maximum absolute atomic E-state index is 13.1. The van der Waals surface area contributed by atoms with Gasteiger partial charge in [-0.2, -0.15) is 0 Å². The molecule has 1 aliphatic rings. The highest BCUT2D eigenvalue weighted by Gasteiger charge is 2.25. The molecule has 15 heavy (non-hydrogen) atoms. The van der Waals surface area contributed by atoms with Crippen LogP contribution in [-0.2, 0) is 0 Å². The van der Waals surface area contributed by atoms with E-state index in [4.69, 9.17) is 0 Å². The fourth-order valence-electron chi connectivity index (χ4n) is 2.48. The molecule has 82 valence electrons. The summed E-state index contributed by atoms with van der Waals surface area (Å²) in [5, 5.41) is 9.92. The number of halogens is 1. The van der Waals surface area contributed by atoms with Crippen LogP contribution in [0.2, 0.25) is 0 Å². The van der Waals surface area contributed by atoms with E-state index in [1.54, 1.807) is 12.1 Å². The van der Waals surface area contributed by atoms with E-state index in [0.717, 1.165) is 36.8 Å². The van der Waals surface area contributed by atoms with Gasteiger partial charge in [-0.3, -0.25) is 0 Å². The minimum atomic E-state index is -0.292. The summed E-state index contributed by atoms with van der Waals surface area (Å²) < 4.78 is 13.1. The van der Waals surface area contributed by atoms with Crippen LogP contribution in [0.5, 0.6) is 0 Å². The first-order valence-electron chi connectivity index (χ1n) is 5.62. The van der Waals surface area contributed by atoms with Crippen molar-refractivity contribution in [2.75, 3.05) is 0 Å². The molecule has 0 spiro atoms. The topological polar surface area (TPSA) is 20.2 Å². The first-order valence-corrected chi connectivity index (χ1v) is 5.62. The van der Waals surface area contributed by atoms with Gasteiger partial charge in [0.05, 0.1) is 6.10 Å². The largest absolute Gasteiger partial charge is 0.392 e. The standard InChI is InChI=1S/C13H17FO/c1-9-6-7-10(14)8-12(9)11-4-2-3-5-13(11)15/h6-8,11,13,15H,2-5H2,1H3. The predicted octanol–water partition coefficient (Wildman–Crippen LogP) is 3.15. The lowest BCUT2D eigenvalue weighted by Crippen LogP contribution is -2.23. The van der Waals surface area contributed by atoms with Crippen molar-refractivity contribution >= 4 is 0 Å². The third kappa shape index (κ3) is 2.20. The first-order chi connectivity index (χ1) is 7.18. The van der Waals surface area contributed by atoms with Crippen LogP contribution in [0.1, 0.15) is 42.7 Å². The van der Waals surface area contributed by atoms with E-state index in [1.807, 2.05) is 6.92 Å². The van der Waals surface area contributed by atoms with Gasteiger partial charge in [0.2, 0.25) is 0 Å². The van der Waals surface area contributed by atoms with Crippen LogP contribution >= 0.6 is 0 Å². The van der Waals surface area contributed by atoms with Crippen LogP contribution in [0.15, 0.2) is 18.2 Å². The second-order valence-electron chi connectivity index (χ2n) is 4.46. The molecule has 1 aliphatic carbocycles. The molecule has 2 rings (SSSR count). The molecule has 0 saturated heterocycles. The second kappa shape index (κ2) is 4.31. The lowest BCUT2D eigenvalue weighted by atomic mass is 9.80. The van der Waals surface area contributed by atoms with Crippen molar-refractivity contribution in [2.45, 2.75) is 44.6 Å². The third-order valence-electron chi connectivity index (χ3n) is 3.37. The van der Waals surface area contributed by atoms with Crippen molar-refractivity contribution in [3.63, 3.8) is 0 Å². The fraction of sp³-hybridized carbons (Fsp3) is 0.538. The summed E-state index contributed by atoms with van der Waals surface area (Å²) in [5.74, 6) is -0.0668. The zero-order valence-electron chi connectivity index (χ0n) is 9.04. The Balaban J connectivity index is 2.30. The molecule has 1 N–H and O–H groups in total. The highest BCUT2D eigenvalue weighted by atomic mass is 19.1. The number of hydrogen-bond donors (Lipinski definition) is 1. The van der Waals surface area contributed by atoms with Gasteiger partial charge in [0.1, 0.15) is 5.82 Å². The Kier molecular flexibility index (Phi) is 3.06. The van der Waals surface area contributed by atoms with Crippen LogP contribution in [0, 0.1) is 12.7 Å². The number of aliphatic hydroxyl groups excluding tert-OH is 1. The molecule has 2 heteroatoms. The van der Waals surface area contributed by atoms with Crippen molar-refractivity contribution in [3.8, 4) is 0 Å². The molecule has 1 aromatic rings. The van der Waals surface area contributed by atoms with Crippen molar-refractivity contribution in [1.29, 1.82) is 0 Å². The highest BCUT2D eigenvalue weighted by molar-refractivity contribution is 5.31. The van der Waals surface area contributed by atoms with E-state index in [0.29, 0.717) is 0 Å². The van der Waals surface area contributed by atoms with E-state index in [2.05, 4.69) is 0 Å². The quantitative estimate of drug-likeness (QED) is 0.751. The summed E-state index contributed by atoms with van der Waals surface area (Å²) in [5.41, 5.74) is 2.07. The maximum atomic E-state index is 13.1. The lowest BCUT2D eigenvalue weighted by Gasteiger charge is -2.29. The van der Waals surface area contributed by atoms with Crippen LogP contribution in [0.3, 0.4) is 0 Å². The molecule has 0 bridgehead atoms. The highest BCUT2D eigenvalue weighted by Crippen LogP contribution is 2.34. The van der Waals surface area contributed by atoms with E-state index < -0.39 is 0 Å². The minimum Gasteiger partial charge on any atom is -0.392 e. The minimum absolute atomic E-state index is 0.134. The average Bonchev–Trinajstić information content (AvgIpc) is 2.23. The monoisotopic (exact) mass is 208 g/mol. The molecule has 0 aromatic heterocycles. The number of aryl methyl sites for hydroxylation is 1. The Morgan fingerprint density at radius 2 is 2.00 bits per heavy atom. The summed E-state index contributed by atoms with van der Waals surface area (Å²) in [6.45, 7) is 1.98. The van der Waals surface area contributed by atoms with Gasteiger partial charge in [-0.15, -0.1) is 0 Å². The molecule has 1 nitrogen and oxygen atoms in total. The molecular weight excluding hydrogens is 191 g/mol. The second-order valence-corrected chi connectivity index (χ2v) is 4.46. The molecule has 0 amide bonds. The Hall–Kier alpha value is -0.890. The molecule has 1 fully saturated rings. The Labute approximate surface area is 89.9 Å². The molecule has 0 aliphatic heterocycles. The predicted molar refractivity (Wildman–Crippen MR) is 58.4 cm³/mol. The molecule has 1 saturated carbocycles. The van der Waals surface area contributed by atoms with Crippen LogP contribution in [0.25, 0.3) is 0 Å². The molecule has 2 atom stereocenters. The number of benzene rings is 1. The summed E-state index contributed by atoms with van der Waals surface area (Å²) in [4.78, 5) is 0. The van der Waals surface area contributed by atoms with Gasteiger partial charge >= 0.3 is 0 Å². The van der Waals surface area contributed by atoms with Crippen LogP contribution in [-0.4, -0.2) is 11.2 Å². The van der Waals surface area contributed by atoms with Gasteiger partial charge in [-0.1, -0.05) is 18.9 Å². The molecular formula is C13H17FO. The zero-order chi connectivity index (χ0) is 10.8. The van der Waals surface area contributed by atoms with Gasteiger partial charge in [0.15, 0.2) is 0 Å². The number of rotatable bonds is 1.